The van der Waals surface area contributed by atoms with Crippen LogP contribution in [-0.4, -0.2) is 16.2 Å². The number of carboxylic acid groups (broad SMARTS) is 1. The number of rotatable bonds is 4. The first-order valence-corrected chi connectivity index (χ1v) is 7.47. The van der Waals surface area contributed by atoms with Crippen molar-refractivity contribution in [2.24, 2.45) is 5.84 Å². The number of aromatic hydroxyl groups is 1. The minimum Gasteiger partial charge on any atom is -0.507 e. The van der Waals surface area contributed by atoms with E-state index < -0.39 is 5.97 Å². The number of nitrogens with one attached hydrogen (secondary N) is 1. The number of phenols is 1. The van der Waals surface area contributed by atoms with Crippen molar-refractivity contribution in [3.05, 3.63) is 22.8 Å². The van der Waals surface area contributed by atoms with Gasteiger partial charge in [-0.15, -0.1) is 0 Å². The molecule has 0 radical (unpaired) electrons. The number of aliphatic carboxylic acids is 1. The molecule has 0 aliphatic heterocycles. The summed E-state index contributed by atoms with van der Waals surface area (Å²) in [5.41, 5.74) is 5.05. The molecule has 0 aliphatic rings. The minimum atomic E-state index is -0.856. The molecule has 0 bridgehead atoms. The first-order chi connectivity index (χ1) is 9.89. The minimum absolute atomic E-state index is 0.0205. The van der Waals surface area contributed by atoms with Crippen molar-refractivity contribution in [2.45, 2.75) is 65.2 Å². The summed E-state index contributed by atoms with van der Waals surface area (Å²) in [5, 5.41) is 19.7. The molecule has 0 aromatic heterocycles. The van der Waals surface area contributed by atoms with Gasteiger partial charge in [0.05, 0.1) is 5.69 Å². The predicted molar refractivity (Wildman–Crippen MR) is 89.3 cm³/mol. The maximum absolute atomic E-state index is 10.9. The summed E-state index contributed by atoms with van der Waals surface area (Å²) < 4.78 is 0. The van der Waals surface area contributed by atoms with E-state index in [-0.39, 0.29) is 23.0 Å². The number of benzene rings is 1. The van der Waals surface area contributed by atoms with Crippen LogP contribution in [0.4, 0.5) is 5.69 Å². The van der Waals surface area contributed by atoms with Gasteiger partial charge in [-0.3, -0.25) is 10.6 Å². The van der Waals surface area contributed by atoms with Gasteiger partial charge in [0.1, 0.15) is 5.75 Å². The van der Waals surface area contributed by atoms with Crippen LogP contribution in [-0.2, 0) is 22.0 Å². The molecule has 5 N–H and O–H groups in total. The third-order valence-corrected chi connectivity index (χ3v) is 3.69. The molecule has 1 aromatic carbocycles. The van der Waals surface area contributed by atoms with Crippen LogP contribution in [0.25, 0.3) is 0 Å². The first-order valence-electron chi connectivity index (χ1n) is 7.47. The fourth-order valence-corrected chi connectivity index (χ4v) is 2.63. The number of hydrazine groups is 1. The molecule has 0 aliphatic carbocycles. The third-order valence-electron chi connectivity index (χ3n) is 3.69. The van der Waals surface area contributed by atoms with Crippen LogP contribution in [0, 0.1) is 0 Å². The Hall–Kier alpha value is -1.75. The Kier molecular flexibility index (Phi) is 5.13. The van der Waals surface area contributed by atoms with Gasteiger partial charge in [0.25, 0.3) is 0 Å². The second-order valence-electron chi connectivity index (χ2n) is 7.72. The van der Waals surface area contributed by atoms with Gasteiger partial charge in [0, 0.05) is 12.0 Å². The number of hydrogen-bond donors (Lipinski definition) is 4. The summed E-state index contributed by atoms with van der Waals surface area (Å²) in [6.07, 6.45) is 0.383. The van der Waals surface area contributed by atoms with Gasteiger partial charge in [0.2, 0.25) is 0 Å². The normalized spacial score (nSPS) is 12.3. The van der Waals surface area contributed by atoms with Crippen LogP contribution in [0.5, 0.6) is 5.75 Å². The molecule has 1 aromatic rings. The molecule has 124 valence electrons. The summed E-state index contributed by atoms with van der Waals surface area (Å²) in [4.78, 5) is 10.9. The van der Waals surface area contributed by atoms with Crippen molar-refractivity contribution in [3.63, 3.8) is 0 Å². The lowest BCUT2D eigenvalue weighted by Gasteiger charge is -2.31. The van der Waals surface area contributed by atoms with Crippen LogP contribution in [0.1, 0.15) is 64.7 Å². The average Bonchev–Trinajstić information content (AvgIpc) is 2.33. The van der Waals surface area contributed by atoms with E-state index in [1.165, 1.54) is 0 Å². The van der Waals surface area contributed by atoms with Gasteiger partial charge in [-0.05, 0) is 34.4 Å². The molecule has 22 heavy (non-hydrogen) atoms. The average molecular weight is 308 g/mol. The van der Waals surface area contributed by atoms with E-state index in [2.05, 4.69) is 5.43 Å². The number of anilines is 1. The molecule has 0 unspecified atom stereocenters. The fourth-order valence-electron chi connectivity index (χ4n) is 2.63. The van der Waals surface area contributed by atoms with Gasteiger partial charge in [-0.25, -0.2) is 0 Å². The van der Waals surface area contributed by atoms with Crippen molar-refractivity contribution in [1.82, 2.24) is 0 Å². The molecular weight excluding hydrogens is 280 g/mol. The molecule has 1 rings (SSSR count). The second kappa shape index (κ2) is 6.16. The quantitative estimate of drug-likeness (QED) is 0.505. The van der Waals surface area contributed by atoms with Crippen molar-refractivity contribution < 1.29 is 15.0 Å². The summed E-state index contributed by atoms with van der Waals surface area (Å²) in [5.74, 6) is 5.05. The third kappa shape index (κ3) is 3.91. The highest BCUT2D eigenvalue weighted by Crippen LogP contribution is 2.44. The van der Waals surface area contributed by atoms with Gasteiger partial charge in [-0.1, -0.05) is 41.5 Å². The van der Waals surface area contributed by atoms with Crippen molar-refractivity contribution in [2.75, 3.05) is 5.43 Å². The van der Waals surface area contributed by atoms with Gasteiger partial charge >= 0.3 is 5.97 Å². The van der Waals surface area contributed by atoms with E-state index in [4.69, 9.17) is 10.9 Å². The van der Waals surface area contributed by atoms with Crippen molar-refractivity contribution in [1.29, 1.82) is 0 Å². The van der Waals surface area contributed by atoms with Gasteiger partial charge in [-0.2, -0.15) is 0 Å². The van der Waals surface area contributed by atoms with E-state index in [9.17, 15) is 9.90 Å². The van der Waals surface area contributed by atoms with Crippen molar-refractivity contribution in [3.8, 4) is 5.75 Å². The largest absolute Gasteiger partial charge is 0.507 e. The van der Waals surface area contributed by atoms with Crippen LogP contribution in [0.15, 0.2) is 6.07 Å². The number of nitrogen functional groups attached to an aromatic ring is 1. The number of aryl methyl sites for hydroxylation is 1. The van der Waals surface area contributed by atoms with E-state index in [0.717, 1.165) is 16.7 Å². The zero-order chi connectivity index (χ0) is 17.3. The number of hydrogen-bond acceptors (Lipinski definition) is 4. The first kappa shape index (κ1) is 18.3. The Labute approximate surface area is 132 Å². The Morgan fingerprint density at radius 2 is 1.73 bits per heavy atom. The smallest absolute Gasteiger partial charge is 0.303 e. The number of nitrogens with two attached hydrogens (primary N) is 1. The molecule has 0 saturated heterocycles. The highest BCUT2D eigenvalue weighted by Gasteiger charge is 2.30. The van der Waals surface area contributed by atoms with E-state index >= 15 is 0 Å². The van der Waals surface area contributed by atoms with Crippen LogP contribution in [0.2, 0.25) is 0 Å². The zero-order valence-electron chi connectivity index (χ0n) is 14.4. The van der Waals surface area contributed by atoms with E-state index in [1.807, 2.05) is 47.6 Å². The summed E-state index contributed by atoms with van der Waals surface area (Å²) in [7, 11) is 0. The Bertz CT molecular complexity index is 567. The number of carboxylic acids is 1. The van der Waals surface area contributed by atoms with Gasteiger partial charge < -0.3 is 15.6 Å². The van der Waals surface area contributed by atoms with E-state index in [0.29, 0.717) is 12.1 Å². The van der Waals surface area contributed by atoms with Gasteiger partial charge in [0.15, 0.2) is 0 Å². The Balaban J connectivity index is 3.66. The molecular formula is C17H28N2O3. The van der Waals surface area contributed by atoms with Crippen LogP contribution < -0.4 is 11.3 Å². The fraction of sp³-hybridized carbons (Fsp3) is 0.588. The lowest BCUT2D eigenvalue weighted by molar-refractivity contribution is -0.136. The molecule has 0 saturated carbocycles. The molecule has 5 heteroatoms. The number of phenolic OH excluding ortho intramolecular Hbond substituents is 1. The van der Waals surface area contributed by atoms with Crippen molar-refractivity contribution >= 4 is 11.7 Å². The topological polar surface area (TPSA) is 95.6 Å². The van der Waals surface area contributed by atoms with Crippen LogP contribution in [0.3, 0.4) is 0 Å². The Morgan fingerprint density at radius 1 is 1.18 bits per heavy atom. The second-order valence-corrected chi connectivity index (χ2v) is 7.72. The number of carbonyl (C=O) groups is 1. The molecule has 5 nitrogen and oxygen atoms in total. The summed E-state index contributed by atoms with van der Waals surface area (Å²) in [6, 6.07) is 1.86. The lowest BCUT2D eigenvalue weighted by Crippen LogP contribution is -2.23. The highest BCUT2D eigenvalue weighted by molar-refractivity contribution is 5.71. The molecule has 0 heterocycles. The van der Waals surface area contributed by atoms with E-state index in [1.54, 1.807) is 0 Å². The highest BCUT2D eigenvalue weighted by atomic mass is 16.4. The summed E-state index contributed by atoms with van der Waals surface area (Å²) >= 11 is 0. The predicted octanol–water partition coefficient (Wildman–Crippen LogP) is 3.29. The Morgan fingerprint density at radius 3 is 2.09 bits per heavy atom. The standard InChI is InChI=1S/C17H28N2O3/c1-16(2,3)11-9-10(7-8-12(20)21)14(19-18)13(15(11)22)17(4,5)6/h9,19,22H,7-8,18H2,1-6H3,(H,20,21). The molecule has 0 spiro atoms. The zero-order valence-corrected chi connectivity index (χ0v) is 14.4. The SMILES string of the molecule is CC(C)(C)c1cc(CCC(=O)O)c(NN)c(C(C)(C)C)c1O. The lowest BCUT2D eigenvalue weighted by atomic mass is 9.77. The molecule has 0 fully saturated rings. The monoisotopic (exact) mass is 308 g/mol. The summed E-state index contributed by atoms with van der Waals surface area (Å²) in [6.45, 7) is 12.0. The van der Waals surface area contributed by atoms with Crippen LogP contribution >= 0.6 is 0 Å². The maximum Gasteiger partial charge on any atom is 0.303 e. The molecule has 0 atom stereocenters. The maximum atomic E-state index is 10.9. The molecule has 0 amide bonds.